The maximum Gasteiger partial charge on any atom is 0.322 e. The summed E-state index contributed by atoms with van der Waals surface area (Å²) in [4.78, 5) is 0. The molecule has 1 aliphatic rings. The van der Waals surface area contributed by atoms with Crippen LogP contribution in [0.3, 0.4) is 0 Å². The van der Waals surface area contributed by atoms with Gasteiger partial charge < -0.3 is 5.73 Å². The SMILES string of the molecule is NC1=NS(=O)(=O)N[C@@H]1c1cccc(F)c1. The highest BCUT2D eigenvalue weighted by atomic mass is 32.2. The van der Waals surface area contributed by atoms with Crippen LogP contribution in [0, 0.1) is 5.82 Å². The Hall–Kier alpha value is -1.47. The number of hydrogen-bond acceptors (Lipinski definition) is 3. The summed E-state index contributed by atoms with van der Waals surface area (Å²) in [5, 5.41) is 0. The third-order valence-corrected chi connectivity index (χ3v) is 2.95. The Kier molecular flexibility index (Phi) is 2.20. The normalized spacial score (nSPS) is 23.8. The van der Waals surface area contributed by atoms with Crippen LogP contribution in [0.2, 0.25) is 0 Å². The number of hydrogen-bond donors (Lipinski definition) is 2. The van der Waals surface area contributed by atoms with Gasteiger partial charge in [-0.15, -0.1) is 4.40 Å². The number of amidine groups is 1. The zero-order valence-corrected chi connectivity index (χ0v) is 8.33. The zero-order chi connectivity index (χ0) is 11.1. The van der Waals surface area contributed by atoms with Crippen molar-refractivity contribution in [1.82, 2.24) is 4.72 Å². The molecule has 1 heterocycles. The van der Waals surface area contributed by atoms with Crippen molar-refractivity contribution in [2.24, 2.45) is 10.1 Å². The molecule has 0 aromatic heterocycles. The van der Waals surface area contributed by atoms with E-state index in [0.717, 1.165) is 0 Å². The molecule has 1 aromatic carbocycles. The Morgan fingerprint density at radius 1 is 1.47 bits per heavy atom. The minimum absolute atomic E-state index is 0.0828. The van der Waals surface area contributed by atoms with E-state index in [0.29, 0.717) is 5.56 Å². The van der Waals surface area contributed by atoms with E-state index in [1.807, 2.05) is 0 Å². The molecule has 0 spiro atoms. The quantitative estimate of drug-likeness (QED) is 0.714. The lowest BCUT2D eigenvalue weighted by atomic mass is 10.1. The summed E-state index contributed by atoms with van der Waals surface area (Å²) >= 11 is 0. The average molecular weight is 229 g/mol. The van der Waals surface area contributed by atoms with E-state index in [2.05, 4.69) is 9.12 Å². The van der Waals surface area contributed by atoms with E-state index in [1.54, 1.807) is 6.07 Å². The highest BCUT2D eigenvalue weighted by molar-refractivity contribution is 7.88. The van der Waals surface area contributed by atoms with Crippen molar-refractivity contribution in [1.29, 1.82) is 0 Å². The van der Waals surface area contributed by atoms with Gasteiger partial charge in [-0.3, -0.25) is 0 Å². The van der Waals surface area contributed by atoms with Gasteiger partial charge >= 0.3 is 10.2 Å². The molecular formula is C8H8FN3O2S. The third kappa shape index (κ3) is 1.97. The molecule has 0 amide bonds. The second kappa shape index (κ2) is 3.28. The summed E-state index contributed by atoms with van der Waals surface area (Å²) in [5.41, 5.74) is 5.85. The van der Waals surface area contributed by atoms with Crippen LogP contribution in [0.25, 0.3) is 0 Å². The fraction of sp³-hybridized carbons (Fsp3) is 0.125. The van der Waals surface area contributed by atoms with Crippen LogP contribution in [0.15, 0.2) is 28.7 Å². The van der Waals surface area contributed by atoms with Crippen LogP contribution >= 0.6 is 0 Å². The van der Waals surface area contributed by atoms with Crippen LogP contribution in [0.5, 0.6) is 0 Å². The van der Waals surface area contributed by atoms with Crippen LogP contribution in [0.4, 0.5) is 4.39 Å². The number of nitrogens with zero attached hydrogens (tertiary/aromatic N) is 1. The van der Waals surface area contributed by atoms with Crippen LogP contribution in [0.1, 0.15) is 11.6 Å². The van der Waals surface area contributed by atoms with Crippen molar-refractivity contribution in [2.45, 2.75) is 6.04 Å². The highest BCUT2D eigenvalue weighted by Crippen LogP contribution is 2.20. The lowest BCUT2D eigenvalue weighted by Crippen LogP contribution is -2.28. The molecule has 80 valence electrons. The Morgan fingerprint density at radius 3 is 2.73 bits per heavy atom. The lowest BCUT2D eigenvalue weighted by molar-refractivity contribution is 0.584. The van der Waals surface area contributed by atoms with Gasteiger partial charge in [0.05, 0.1) is 0 Å². The fourth-order valence-corrected chi connectivity index (χ4v) is 2.34. The van der Waals surface area contributed by atoms with Crippen molar-refractivity contribution in [3.05, 3.63) is 35.6 Å². The monoisotopic (exact) mass is 229 g/mol. The minimum atomic E-state index is -3.72. The summed E-state index contributed by atoms with van der Waals surface area (Å²) < 4.78 is 40.4. The first-order chi connectivity index (χ1) is 6.98. The van der Waals surface area contributed by atoms with E-state index < -0.39 is 22.1 Å². The summed E-state index contributed by atoms with van der Waals surface area (Å²) in [6, 6.07) is 4.75. The van der Waals surface area contributed by atoms with Crippen LogP contribution in [-0.2, 0) is 10.2 Å². The van der Waals surface area contributed by atoms with Gasteiger partial charge in [0, 0.05) is 0 Å². The summed E-state index contributed by atoms with van der Waals surface area (Å²) in [6.45, 7) is 0. The molecule has 15 heavy (non-hydrogen) atoms. The number of rotatable bonds is 1. The van der Waals surface area contributed by atoms with E-state index >= 15 is 0 Å². The van der Waals surface area contributed by atoms with E-state index in [9.17, 15) is 12.8 Å². The first-order valence-corrected chi connectivity index (χ1v) is 5.55. The molecule has 0 radical (unpaired) electrons. The molecule has 5 nitrogen and oxygen atoms in total. The van der Waals surface area contributed by atoms with Crippen molar-refractivity contribution >= 4 is 16.0 Å². The number of benzene rings is 1. The van der Waals surface area contributed by atoms with E-state index in [1.165, 1.54) is 18.2 Å². The second-order valence-corrected chi connectivity index (χ2v) is 4.47. The largest absolute Gasteiger partial charge is 0.385 e. The molecule has 1 aromatic rings. The molecule has 1 aliphatic heterocycles. The zero-order valence-electron chi connectivity index (χ0n) is 7.51. The van der Waals surface area contributed by atoms with Crippen molar-refractivity contribution in [3.8, 4) is 0 Å². The molecule has 0 unspecified atom stereocenters. The van der Waals surface area contributed by atoms with Gasteiger partial charge in [0.2, 0.25) is 0 Å². The lowest BCUT2D eigenvalue weighted by Gasteiger charge is -2.09. The third-order valence-electron chi connectivity index (χ3n) is 1.97. The number of nitrogens with one attached hydrogen (secondary N) is 1. The maximum atomic E-state index is 12.9. The molecule has 0 fully saturated rings. The maximum absolute atomic E-state index is 12.9. The van der Waals surface area contributed by atoms with E-state index in [4.69, 9.17) is 5.73 Å². The molecule has 1 atom stereocenters. The van der Waals surface area contributed by atoms with Gasteiger partial charge in [-0.2, -0.15) is 13.1 Å². The highest BCUT2D eigenvalue weighted by Gasteiger charge is 2.29. The molecule has 0 bridgehead atoms. The molecule has 2 rings (SSSR count). The van der Waals surface area contributed by atoms with Crippen LogP contribution in [-0.4, -0.2) is 14.3 Å². The van der Waals surface area contributed by atoms with Crippen molar-refractivity contribution in [3.63, 3.8) is 0 Å². The smallest absolute Gasteiger partial charge is 0.322 e. The van der Waals surface area contributed by atoms with Gasteiger partial charge in [-0.05, 0) is 17.7 Å². The predicted molar refractivity (Wildman–Crippen MR) is 52.8 cm³/mol. The topological polar surface area (TPSA) is 84.5 Å². The van der Waals surface area contributed by atoms with Crippen LogP contribution < -0.4 is 10.5 Å². The predicted octanol–water partition coefficient (Wildman–Crippen LogP) is 0.0720. The molecule has 3 N–H and O–H groups in total. The Bertz CT molecular complexity index is 526. The Labute approximate surface area is 86.0 Å². The van der Waals surface area contributed by atoms with Gasteiger partial charge in [0.15, 0.2) is 0 Å². The number of halogens is 1. The van der Waals surface area contributed by atoms with Gasteiger partial charge in [0.25, 0.3) is 0 Å². The van der Waals surface area contributed by atoms with Crippen molar-refractivity contribution < 1.29 is 12.8 Å². The Balaban J connectivity index is 2.40. The van der Waals surface area contributed by atoms with Gasteiger partial charge in [0.1, 0.15) is 17.7 Å². The summed E-state index contributed by atoms with van der Waals surface area (Å²) in [7, 11) is -3.72. The molecule has 0 saturated carbocycles. The number of nitrogens with two attached hydrogens (primary N) is 1. The molecule has 7 heteroatoms. The molecular weight excluding hydrogens is 221 g/mol. The standard InChI is InChI=1S/C8H8FN3O2S/c9-6-3-1-2-5(4-6)7-8(10)12-15(13,14)11-7/h1-4,7,11H,(H2,10,12)/t7-/m1/s1. The second-order valence-electron chi connectivity index (χ2n) is 3.10. The minimum Gasteiger partial charge on any atom is -0.385 e. The summed E-state index contributed by atoms with van der Waals surface area (Å²) in [5.74, 6) is -0.535. The fourth-order valence-electron chi connectivity index (χ4n) is 1.35. The molecule has 0 saturated heterocycles. The van der Waals surface area contributed by atoms with E-state index in [-0.39, 0.29) is 5.84 Å². The first kappa shape index (κ1) is 10.1. The average Bonchev–Trinajstić information content (AvgIpc) is 2.40. The Morgan fingerprint density at radius 2 is 2.20 bits per heavy atom. The van der Waals surface area contributed by atoms with Crippen molar-refractivity contribution in [2.75, 3.05) is 0 Å². The first-order valence-electron chi connectivity index (χ1n) is 4.11. The molecule has 0 aliphatic carbocycles. The van der Waals surface area contributed by atoms with Gasteiger partial charge in [-0.1, -0.05) is 12.1 Å². The van der Waals surface area contributed by atoms with Gasteiger partial charge in [-0.25, -0.2) is 4.39 Å². The summed E-state index contributed by atoms with van der Waals surface area (Å²) in [6.07, 6.45) is 0.